The molecule has 2 aromatic carbocycles. The van der Waals surface area contributed by atoms with Crippen LogP contribution in [0.2, 0.25) is 0 Å². The van der Waals surface area contributed by atoms with Gasteiger partial charge in [0.05, 0.1) is 19.8 Å². The number of aromatic nitrogens is 1. The lowest BCUT2D eigenvalue weighted by molar-refractivity contribution is 0.102. The molecule has 0 radical (unpaired) electrons. The molecule has 6 nitrogen and oxygen atoms in total. The molecular formula is C23H23N3O3. The van der Waals surface area contributed by atoms with Crippen LogP contribution in [0.1, 0.15) is 21.5 Å². The van der Waals surface area contributed by atoms with Gasteiger partial charge in [-0.2, -0.15) is 0 Å². The third kappa shape index (κ3) is 4.01. The van der Waals surface area contributed by atoms with E-state index in [0.29, 0.717) is 5.56 Å². The summed E-state index contributed by atoms with van der Waals surface area (Å²) in [6.45, 7) is 1.59. The van der Waals surface area contributed by atoms with Gasteiger partial charge in [0.1, 0.15) is 5.82 Å². The van der Waals surface area contributed by atoms with Crippen LogP contribution >= 0.6 is 0 Å². The van der Waals surface area contributed by atoms with Crippen molar-refractivity contribution in [3.63, 3.8) is 0 Å². The monoisotopic (exact) mass is 389 g/mol. The van der Waals surface area contributed by atoms with Gasteiger partial charge >= 0.3 is 0 Å². The molecule has 0 saturated carbocycles. The van der Waals surface area contributed by atoms with Gasteiger partial charge in [-0.25, -0.2) is 4.98 Å². The minimum Gasteiger partial charge on any atom is -0.493 e. The Morgan fingerprint density at radius 1 is 1.00 bits per heavy atom. The van der Waals surface area contributed by atoms with E-state index >= 15 is 0 Å². The molecule has 0 atom stereocenters. The number of carbonyl (C=O) groups excluding carboxylic acids is 1. The molecule has 0 bridgehead atoms. The quantitative estimate of drug-likeness (QED) is 0.717. The van der Waals surface area contributed by atoms with Crippen molar-refractivity contribution in [1.82, 2.24) is 4.98 Å². The molecule has 6 heteroatoms. The van der Waals surface area contributed by atoms with Crippen molar-refractivity contribution in [1.29, 1.82) is 0 Å². The lowest BCUT2D eigenvalue weighted by atomic mass is 9.98. The zero-order valence-electron chi connectivity index (χ0n) is 16.5. The number of pyridine rings is 1. The number of benzene rings is 2. The van der Waals surface area contributed by atoms with E-state index in [2.05, 4.69) is 21.3 Å². The van der Waals surface area contributed by atoms with Gasteiger partial charge in [0, 0.05) is 25.0 Å². The van der Waals surface area contributed by atoms with Crippen molar-refractivity contribution in [2.45, 2.75) is 13.0 Å². The summed E-state index contributed by atoms with van der Waals surface area (Å²) in [5.41, 5.74) is 3.75. The van der Waals surface area contributed by atoms with Crippen LogP contribution in [0.4, 0.5) is 11.5 Å². The molecular weight excluding hydrogens is 366 g/mol. The highest BCUT2D eigenvalue weighted by molar-refractivity contribution is 6.04. The Labute approximate surface area is 170 Å². The maximum Gasteiger partial charge on any atom is 0.257 e. The summed E-state index contributed by atoms with van der Waals surface area (Å²) in [6, 6.07) is 17.2. The molecule has 0 saturated heterocycles. The number of fused-ring (bicyclic) bond motifs is 1. The maximum absolute atomic E-state index is 12.4. The zero-order chi connectivity index (χ0) is 20.2. The second-order valence-corrected chi connectivity index (χ2v) is 6.87. The first-order valence-electron chi connectivity index (χ1n) is 9.49. The van der Waals surface area contributed by atoms with E-state index in [0.717, 1.165) is 42.5 Å². The predicted molar refractivity (Wildman–Crippen MR) is 113 cm³/mol. The molecule has 1 aliphatic rings. The van der Waals surface area contributed by atoms with Crippen LogP contribution in [-0.4, -0.2) is 31.7 Å². The minimum absolute atomic E-state index is 0.170. The van der Waals surface area contributed by atoms with E-state index in [1.807, 2.05) is 48.5 Å². The second kappa shape index (κ2) is 8.22. The molecule has 0 unspecified atom stereocenters. The molecule has 1 aliphatic heterocycles. The molecule has 0 fully saturated rings. The van der Waals surface area contributed by atoms with Crippen LogP contribution in [0.5, 0.6) is 11.5 Å². The van der Waals surface area contributed by atoms with E-state index in [9.17, 15) is 4.79 Å². The summed E-state index contributed by atoms with van der Waals surface area (Å²) < 4.78 is 10.8. The molecule has 3 aromatic rings. The SMILES string of the molecule is COc1cc2c(cc1OC)CN(c1ccc(C(=O)Nc3ccccc3)cn1)CC2. The fraction of sp³-hybridized carbons (Fsp3) is 0.217. The first kappa shape index (κ1) is 18.8. The number of para-hydroxylation sites is 1. The molecule has 0 aliphatic carbocycles. The van der Waals surface area contributed by atoms with Crippen molar-refractivity contribution in [2.24, 2.45) is 0 Å². The Balaban J connectivity index is 1.48. The molecule has 0 spiro atoms. The van der Waals surface area contributed by atoms with Gasteiger partial charge in [-0.3, -0.25) is 4.79 Å². The summed E-state index contributed by atoms with van der Waals surface area (Å²) in [5.74, 6) is 2.17. The van der Waals surface area contributed by atoms with Gasteiger partial charge < -0.3 is 19.7 Å². The van der Waals surface area contributed by atoms with Crippen molar-refractivity contribution in [2.75, 3.05) is 31.0 Å². The number of nitrogens with zero attached hydrogens (tertiary/aromatic N) is 2. The average Bonchev–Trinajstić information content (AvgIpc) is 2.78. The fourth-order valence-corrected chi connectivity index (χ4v) is 3.51. The maximum atomic E-state index is 12.4. The van der Waals surface area contributed by atoms with Gasteiger partial charge in [0.25, 0.3) is 5.91 Å². The normalized spacial score (nSPS) is 12.8. The number of ether oxygens (including phenoxy) is 2. The summed E-state index contributed by atoms with van der Waals surface area (Å²) in [6.07, 6.45) is 2.52. The predicted octanol–water partition coefficient (Wildman–Crippen LogP) is 3.91. The minimum atomic E-state index is -0.170. The van der Waals surface area contributed by atoms with Crippen LogP contribution in [0, 0.1) is 0 Å². The molecule has 148 valence electrons. The number of amides is 1. The highest BCUT2D eigenvalue weighted by Gasteiger charge is 2.20. The van der Waals surface area contributed by atoms with Gasteiger partial charge in [0.2, 0.25) is 0 Å². The number of hydrogen-bond donors (Lipinski definition) is 1. The van der Waals surface area contributed by atoms with Gasteiger partial charge in [-0.1, -0.05) is 18.2 Å². The summed E-state index contributed by atoms with van der Waals surface area (Å²) in [7, 11) is 3.30. The average molecular weight is 389 g/mol. The van der Waals surface area contributed by atoms with Crippen LogP contribution in [0.25, 0.3) is 0 Å². The number of rotatable bonds is 5. The molecule has 1 aromatic heterocycles. The standard InChI is InChI=1S/C23H23N3O3/c1-28-20-12-16-10-11-26(15-18(16)13-21(20)29-2)22-9-8-17(14-24-22)23(27)25-19-6-4-3-5-7-19/h3-9,12-14H,10-11,15H2,1-2H3,(H,25,27). The van der Waals surface area contributed by atoms with Crippen molar-refractivity contribution < 1.29 is 14.3 Å². The van der Waals surface area contributed by atoms with E-state index < -0.39 is 0 Å². The van der Waals surface area contributed by atoms with Gasteiger partial charge in [-0.05, 0) is 53.9 Å². The Morgan fingerprint density at radius 2 is 1.72 bits per heavy atom. The third-order valence-electron chi connectivity index (χ3n) is 5.08. The number of nitrogens with one attached hydrogen (secondary N) is 1. The smallest absolute Gasteiger partial charge is 0.257 e. The molecule has 2 heterocycles. The van der Waals surface area contributed by atoms with E-state index in [4.69, 9.17) is 9.47 Å². The number of methoxy groups -OCH3 is 2. The molecule has 1 amide bonds. The fourth-order valence-electron chi connectivity index (χ4n) is 3.51. The van der Waals surface area contributed by atoms with Crippen molar-refractivity contribution >= 4 is 17.4 Å². The summed E-state index contributed by atoms with van der Waals surface area (Å²) in [5, 5.41) is 2.88. The highest BCUT2D eigenvalue weighted by atomic mass is 16.5. The van der Waals surface area contributed by atoms with Crippen molar-refractivity contribution in [3.05, 3.63) is 77.5 Å². The Morgan fingerprint density at radius 3 is 2.38 bits per heavy atom. The van der Waals surface area contributed by atoms with Gasteiger partial charge in [-0.15, -0.1) is 0 Å². The van der Waals surface area contributed by atoms with Crippen LogP contribution < -0.4 is 19.7 Å². The molecule has 1 N–H and O–H groups in total. The van der Waals surface area contributed by atoms with Gasteiger partial charge in [0.15, 0.2) is 11.5 Å². The highest BCUT2D eigenvalue weighted by Crippen LogP contribution is 2.34. The zero-order valence-corrected chi connectivity index (χ0v) is 16.5. The Hall–Kier alpha value is -3.54. The van der Waals surface area contributed by atoms with E-state index in [1.165, 1.54) is 11.1 Å². The van der Waals surface area contributed by atoms with E-state index in [1.54, 1.807) is 20.4 Å². The summed E-state index contributed by atoms with van der Waals surface area (Å²) >= 11 is 0. The summed E-state index contributed by atoms with van der Waals surface area (Å²) in [4.78, 5) is 19.1. The largest absolute Gasteiger partial charge is 0.493 e. The Bertz CT molecular complexity index is 1000. The van der Waals surface area contributed by atoms with E-state index in [-0.39, 0.29) is 5.91 Å². The van der Waals surface area contributed by atoms with Crippen LogP contribution in [0.15, 0.2) is 60.8 Å². The topological polar surface area (TPSA) is 63.7 Å². The number of anilines is 2. The first-order chi connectivity index (χ1) is 14.2. The van der Waals surface area contributed by atoms with Crippen LogP contribution in [-0.2, 0) is 13.0 Å². The lowest BCUT2D eigenvalue weighted by Gasteiger charge is -2.30. The van der Waals surface area contributed by atoms with Crippen molar-refractivity contribution in [3.8, 4) is 11.5 Å². The number of hydrogen-bond acceptors (Lipinski definition) is 5. The first-order valence-corrected chi connectivity index (χ1v) is 9.49. The second-order valence-electron chi connectivity index (χ2n) is 6.87. The van der Waals surface area contributed by atoms with Crippen LogP contribution in [0.3, 0.4) is 0 Å². The Kier molecular flexibility index (Phi) is 5.33. The number of carbonyl (C=O) groups is 1. The molecule has 29 heavy (non-hydrogen) atoms. The third-order valence-corrected chi connectivity index (χ3v) is 5.08. The molecule has 4 rings (SSSR count). The lowest BCUT2D eigenvalue weighted by Crippen LogP contribution is -2.31.